The van der Waals surface area contributed by atoms with Crippen LogP contribution in [0.1, 0.15) is 53.9 Å². The number of oxazole rings is 1. The van der Waals surface area contributed by atoms with Gasteiger partial charge in [0.15, 0.2) is 0 Å². The Morgan fingerprint density at radius 1 is 0.791 bits per heavy atom. The minimum absolute atomic E-state index is 0.0792. The van der Waals surface area contributed by atoms with Crippen molar-refractivity contribution in [2.75, 3.05) is 0 Å². The van der Waals surface area contributed by atoms with Crippen LogP contribution in [0.5, 0.6) is 0 Å². The van der Waals surface area contributed by atoms with Crippen LogP contribution >= 0.6 is 0 Å². The summed E-state index contributed by atoms with van der Waals surface area (Å²) in [6, 6.07) is 26.1. The monoisotopic (exact) mass is 571 g/mol. The molecule has 9 nitrogen and oxygen atoms in total. The summed E-state index contributed by atoms with van der Waals surface area (Å²) < 4.78 is 5.92. The van der Waals surface area contributed by atoms with E-state index in [9.17, 15) is 4.79 Å². The van der Waals surface area contributed by atoms with Crippen LogP contribution in [0, 0.1) is 6.92 Å². The Morgan fingerprint density at radius 3 is 2.30 bits per heavy atom. The molecule has 0 saturated heterocycles. The third kappa shape index (κ3) is 6.35. The maximum atomic E-state index is 13.4. The summed E-state index contributed by atoms with van der Waals surface area (Å²) in [7, 11) is 0. The summed E-state index contributed by atoms with van der Waals surface area (Å²) in [6.07, 6.45) is 4.47. The van der Waals surface area contributed by atoms with E-state index in [0.717, 1.165) is 69.8 Å². The van der Waals surface area contributed by atoms with Crippen molar-refractivity contribution in [2.24, 2.45) is 0 Å². The molecule has 3 aromatic carbocycles. The van der Waals surface area contributed by atoms with Crippen LogP contribution in [0.15, 0.2) is 88.1 Å². The van der Waals surface area contributed by atoms with Gasteiger partial charge in [0.25, 0.3) is 5.56 Å². The van der Waals surface area contributed by atoms with Crippen molar-refractivity contribution in [2.45, 2.75) is 52.4 Å². The molecule has 0 aliphatic carbocycles. The van der Waals surface area contributed by atoms with E-state index in [0.29, 0.717) is 36.8 Å². The van der Waals surface area contributed by atoms with Crippen LogP contribution in [-0.4, -0.2) is 35.6 Å². The first kappa shape index (κ1) is 28.0. The Hall–Kier alpha value is -5.18. The zero-order valence-corrected chi connectivity index (χ0v) is 24.3. The maximum absolute atomic E-state index is 13.4. The van der Waals surface area contributed by atoms with Crippen molar-refractivity contribution in [3.63, 3.8) is 0 Å². The Morgan fingerprint density at radius 2 is 1.56 bits per heavy atom. The zero-order valence-electron chi connectivity index (χ0n) is 24.3. The molecule has 9 heteroatoms. The number of hydrogen-bond acceptors (Lipinski definition) is 7. The maximum Gasteiger partial charge on any atom is 0.254 e. The van der Waals surface area contributed by atoms with Gasteiger partial charge in [-0.25, -0.2) is 9.97 Å². The SMILES string of the molecule is CCCCc1nc(CCc2nc(-c3ccccc3)oc2C)[nH]c(=O)c1Cc1ccc(-c2ccccc2-c2nn[nH]n2)cc1. The summed E-state index contributed by atoms with van der Waals surface area (Å²) in [5.41, 5.74) is 7.34. The minimum atomic E-state index is -0.0792. The van der Waals surface area contributed by atoms with E-state index >= 15 is 0 Å². The van der Waals surface area contributed by atoms with Gasteiger partial charge in [0.05, 0.1) is 11.4 Å². The molecule has 6 rings (SSSR count). The molecular formula is C34H33N7O2. The zero-order chi connectivity index (χ0) is 29.6. The average Bonchev–Trinajstić information content (AvgIpc) is 3.71. The number of nitrogens with zero attached hydrogens (tertiary/aromatic N) is 5. The predicted octanol–water partition coefficient (Wildman–Crippen LogP) is 6.30. The standard InChI is InChI=1S/C34H33N7O2/c1-3-4-14-30-28(21-23-15-17-24(18-16-23)26-12-8-9-13-27(26)32-38-40-41-39-32)33(42)37-31(35-30)20-19-29-22(2)43-34(36-29)25-10-6-5-7-11-25/h5-13,15-18H,3-4,14,19-21H2,1-2H3,(H,35,37,42)(H,38,39,40,41). The van der Waals surface area contributed by atoms with Crippen molar-refractivity contribution < 1.29 is 4.42 Å². The van der Waals surface area contributed by atoms with Crippen LogP contribution in [0.3, 0.4) is 0 Å². The van der Waals surface area contributed by atoms with E-state index in [1.54, 1.807) is 0 Å². The number of rotatable bonds is 11. The second kappa shape index (κ2) is 12.8. The number of aryl methyl sites for hydroxylation is 4. The molecule has 0 spiro atoms. The van der Waals surface area contributed by atoms with E-state index in [1.807, 2.05) is 61.5 Å². The van der Waals surface area contributed by atoms with E-state index in [2.05, 4.69) is 56.8 Å². The summed E-state index contributed by atoms with van der Waals surface area (Å²) in [6.45, 7) is 4.08. The van der Waals surface area contributed by atoms with Gasteiger partial charge in [-0.1, -0.05) is 80.1 Å². The third-order valence-electron chi connectivity index (χ3n) is 7.59. The van der Waals surface area contributed by atoms with Crippen LogP contribution in [0.25, 0.3) is 34.0 Å². The Balaban J connectivity index is 1.21. The van der Waals surface area contributed by atoms with Crippen LogP contribution in [0.4, 0.5) is 0 Å². The molecule has 0 aliphatic rings. The molecule has 3 heterocycles. The van der Waals surface area contributed by atoms with E-state index in [1.165, 1.54) is 0 Å². The number of H-pyrrole nitrogens is 2. The molecule has 0 amide bonds. The molecule has 216 valence electrons. The van der Waals surface area contributed by atoms with Crippen molar-refractivity contribution in [1.82, 2.24) is 35.6 Å². The predicted molar refractivity (Wildman–Crippen MR) is 165 cm³/mol. The van der Waals surface area contributed by atoms with Crippen molar-refractivity contribution >= 4 is 0 Å². The fraction of sp³-hybridized carbons (Fsp3) is 0.235. The van der Waals surface area contributed by atoms with Crippen molar-refractivity contribution in [1.29, 1.82) is 0 Å². The van der Waals surface area contributed by atoms with E-state index in [4.69, 9.17) is 14.4 Å². The van der Waals surface area contributed by atoms with Gasteiger partial charge in [0, 0.05) is 36.0 Å². The molecule has 0 atom stereocenters. The first-order valence-electron chi connectivity index (χ1n) is 14.6. The van der Waals surface area contributed by atoms with Gasteiger partial charge in [-0.3, -0.25) is 4.79 Å². The highest BCUT2D eigenvalue weighted by Crippen LogP contribution is 2.30. The van der Waals surface area contributed by atoms with Gasteiger partial charge in [-0.05, 0) is 53.8 Å². The Bertz CT molecular complexity index is 1860. The van der Waals surface area contributed by atoms with Gasteiger partial charge < -0.3 is 9.40 Å². The largest absolute Gasteiger partial charge is 0.441 e. The first-order valence-corrected chi connectivity index (χ1v) is 14.6. The molecule has 6 aromatic rings. The topological polar surface area (TPSA) is 126 Å². The average molecular weight is 572 g/mol. The number of hydrogen-bond donors (Lipinski definition) is 2. The normalized spacial score (nSPS) is 11.2. The molecule has 0 bridgehead atoms. The lowest BCUT2D eigenvalue weighted by Gasteiger charge is -2.12. The number of aromatic amines is 2. The molecule has 3 aromatic heterocycles. The lowest BCUT2D eigenvalue weighted by molar-refractivity contribution is 0.539. The summed E-state index contributed by atoms with van der Waals surface area (Å²) in [5, 5.41) is 14.5. The first-order chi connectivity index (χ1) is 21.1. The fourth-order valence-corrected chi connectivity index (χ4v) is 5.26. The lowest BCUT2D eigenvalue weighted by atomic mass is 9.96. The number of unbranched alkanes of at least 4 members (excludes halogenated alkanes) is 1. The Kier molecular flexibility index (Phi) is 8.31. The summed E-state index contributed by atoms with van der Waals surface area (Å²) in [5.74, 6) is 2.62. The fourth-order valence-electron chi connectivity index (χ4n) is 5.26. The van der Waals surface area contributed by atoms with Gasteiger partial charge in [0.1, 0.15) is 11.6 Å². The number of benzene rings is 3. The summed E-state index contributed by atoms with van der Waals surface area (Å²) in [4.78, 5) is 26.1. The molecule has 0 radical (unpaired) electrons. The second-order valence-corrected chi connectivity index (χ2v) is 10.6. The third-order valence-corrected chi connectivity index (χ3v) is 7.59. The van der Waals surface area contributed by atoms with E-state index < -0.39 is 0 Å². The van der Waals surface area contributed by atoms with Gasteiger partial charge in [-0.15, -0.1) is 10.2 Å². The number of nitrogens with one attached hydrogen (secondary N) is 2. The van der Waals surface area contributed by atoms with Crippen molar-refractivity contribution in [3.8, 4) is 34.0 Å². The molecule has 43 heavy (non-hydrogen) atoms. The van der Waals surface area contributed by atoms with Crippen LogP contribution < -0.4 is 5.56 Å². The van der Waals surface area contributed by atoms with Gasteiger partial charge in [-0.2, -0.15) is 5.21 Å². The smallest absolute Gasteiger partial charge is 0.254 e. The summed E-state index contributed by atoms with van der Waals surface area (Å²) >= 11 is 0. The molecule has 0 saturated carbocycles. The highest BCUT2D eigenvalue weighted by Gasteiger charge is 2.16. The highest BCUT2D eigenvalue weighted by molar-refractivity contribution is 5.80. The molecule has 2 N–H and O–H groups in total. The molecule has 0 aliphatic heterocycles. The second-order valence-electron chi connectivity index (χ2n) is 10.6. The number of tetrazole rings is 1. The number of aromatic nitrogens is 7. The highest BCUT2D eigenvalue weighted by atomic mass is 16.4. The molecule has 0 fully saturated rings. The Labute approximate surface area is 249 Å². The minimum Gasteiger partial charge on any atom is -0.441 e. The molecule has 0 unspecified atom stereocenters. The van der Waals surface area contributed by atoms with Crippen molar-refractivity contribution in [3.05, 3.63) is 123 Å². The van der Waals surface area contributed by atoms with Crippen LogP contribution in [-0.2, 0) is 25.7 Å². The van der Waals surface area contributed by atoms with Crippen LogP contribution in [0.2, 0.25) is 0 Å². The van der Waals surface area contributed by atoms with E-state index in [-0.39, 0.29) is 5.56 Å². The lowest BCUT2D eigenvalue weighted by Crippen LogP contribution is -2.21. The van der Waals surface area contributed by atoms with Gasteiger partial charge >= 0.3 is 0 Å². The molecular weight excluding hydrogens is 538 g/mol. The van der Waals surface area contributed by atoms with Gasteiger partial charge in [0.2, 0.25) is 11.7 Å². The quantitative estimate of drug-likeness (QED) is 0.187.